The molecule has 4 rings (SSSR count). The number of carbonyl (C=O) groups excluding carboxylic acids is 1. The van der Waals surface area contributed by atoms with Gasteiger partial charge in [-0.25, -0.2) is 4.98 Å². The van der Waals surface area contributed by atoms with E-state index >= 15 is 0 Å². The summed E-state index contributed by atoms with van der Waals surface area (Å²) in [6.45, 7) is 0. The normalized spacial score (nSPS) is 13.0. The number of nitrogens with zero attached hydrogens (tertiary/aromatic N) is 2. The van der Waals surface area contributed by atoms with Crippen LogP contribution in [0.15, 0.2) is 67.9 Å². The minimum atomic E-state index is -4.78. The van der Waals surface area contributed by atoms with Gasteiger partial charge in [0, 0.05) is 22.3 Å². The van der Waals surface area contributed by atoms with Crippen molar-refractivity contribution < 1.29 is 22.7 Å². The summed E-state index contributed by atoms with van der Waals surface area (Å²) in [5.41, 5.74) is 1.50. The molecule has 0 unspecified atom stereocenters. The zero-order chi connectivity index (χ0) is 23.6. The van der Waals surface area contributed by atoms with Crippen LogP contribution in [-0.4, -0.2) is 33.3 Å². The van der Waals surface area contributed by atoms with Gasteiger partial charge in [0.15, 0.2) is 5.16 Å². The summed E-state index contributed by atoms with van der Waals surface area (Å²) >= 11 is 5.96. The first-order valence-corrected chi connectivity index (χ1v) is 12.3. The lowest BCUT2D eigenvalue weighted by Crippen LogP contribution is -2.24. The maximum Gasteiger partial charge on any atom is 0.573 e. The largest absolute Gasteiger partial charge is 0.573 e. The number of anilines is 1. The summed E-state index contributed by atoms with van der Waals surface area (Å²) in [6.07, 6.45) is -4.10. The number of rotatable bonds is 6. The van der Waals surface area contributed by atoms with Crippen LogP contribution >= 0.6 is 39.5 Å². The molecule has 0 radical (unpaired) electrons. The molecule has 6 nitrogen and oxygen atoms in total. The molecule has 0 bridgehead atoms. The number of alkyl halides is 3. The average molecular weight is 558 g/mol. The van der Waals surface area contributed by atoms with Crippen LogP contribution in [0.4, 0.5) is 18.9 Å². The highest BCUT2D eigenvalue weighted by atomic mass is 79.9. The summed E-state index contributed by atoms with van der Waals surface area (Å²) in [7, 11) is 0. The Bertz CT molecular complexity index is 1230. The van der Waals surface area contributed by atoms with E-state index in [0.717, 1.165) is 39.8 Å². The topological polar surface area (TPSA) is 73.2 Å². The first-order chi connectivity index (χ1) is 15.7. The summed E-state index contributed by atoms with van der Waals surface area (Å²) in [5, 5.41) is 3.01. The van der Waals surface area contributed by atoms with Crippen molar-refractivity contribution in [3.8, 4) is 11.4 Å². The van der Waals surface area contributed by atoms with Gasteiger partial charge in [-0.15, -0.1) is 24.9 Å². The van der Waals surface area contributed by atoms with Gasteiger partial charge < -0.3 is 10.1 Å². The van der Waals surface area contributed by atoms with Crippen molar-refractivity contribution in [2.75, 3.05) is 16.8 Å². The number of hydrogen-bond acceptors (Lipinski definition) is 6. The first kappa shape index (κ1) is 23.7. The van der Waals surface area contributed by atoms with E-state index in [-0.39, 0.29) is 17.1 Å². The second-order valence-corrected chi connectivity index (χ2v) is 9.76. The number of halogens is 4. The Balaban J connectivity index is 1.50. The molecule has 3 aromatic rings. The molecular formula is C21H15BrF3N3O3S2. The van der Waals surface area contributed by atoms with E-state index in [0.29, 0.717) is 27.8 Å². The fourth-order valence-electron chi connectivity index (χ4n) is 3.07. The third kappa shape index (κ3) is 5.92. The van der Waals surface area contributed by atoms with E-state index < -0.39 is 12.3 Å². The highest BCUT2D eigenvalue weighted by Gasteiger charge is 2.31. The van der Waals surface area contributed by atoms with E-state index in [1.165, 1.54) is 28.5 Å². The van der Waals surface area contributed by atoms with Gasteiger partial charge in [0.05, 0.1) is 22.0 Å². The SMILES string of the molecule is O=C(CSc1nc2c(c(=O)n1-c1ccc(Br)cc1)SCC2)Nc1ccc(OC(F)(F)F)cc1. The third-order valence-electron chi connectivity index (χ3n) is 4.46. The standard InChI is InChI=1S/C21H15BrF3N3O3S2/c22-12-1-5-14(6-2-12)28-19(30)18-16(9-10-32-18)27-20(28)33-11-17(29)26-13-3-7-15(8-4-13)31-21(23,24)25/h1-8H,9-11H2,(H,26,29). The predicted octanol–water partition coefficient (Wildman–Crippen LogP) is 5.27. The summed E-state index contributed by atoms with van der Waals surface area (Å²) in [4.78, 5) is 30.8. The zero-order valence-electron chi connectivity index (χ0n) is 16.7. The van der Waals surface area contributed by atoms with Gasteiger partial charge in [-0.2, -0.15) is 0 Å². The van der Waals surface area contributed by atoms with Crippen LogP contribution in [0.1, 0.15) is 5.69 Å². The number of benzene rings is 2. The van der Waals surface area contributed by atoms with Crippen molar-refractivity contribution in [1.29, 1.82) is 0 Å². The van der Waals surface area contributed by atoms with E-state index in [1.807, 2.05) is 12.1 Å². The van der Waals surface area contributed by atoms with Gasteiger partial charge in [0.25, 0.3) is 5.56 Å². The van der Waals surface area contributed by atoms with Crippen molar-refractivity contribution in [3.05, 3.63) is 69.1 Å². The van der Waals surface area contributed by atoms with E-state index in [1.54, 1.807) is 12.1 Å². The van der Waals surface area contributed by atoms with Gasteiger partial charge in [0.2, 0.25) is 5.91 Å². The summed E-state index contributed by atoms with van der Waals surface area (Å²) in [5.74, 6) is -0.0411. The Morgan fingerprint density at radius 2 is 1.88 bits per heavy atom. The average Bonchev–Trinajstić information content (AvgIpc) is 3.23. The lowest BCUT2D eigenvalue weighted by molar-refractivity contribution is -0.274. The minimum Gasteiger partial charge on any atom is -0.406 e. The number of aryl methyl sites for hydroxylation is 1. The maximum atomic E-state index is 13.1. The van der Waals surface area contributed by atoms with Crippen molar-refractivity contribution in [1.82, 2.24) is 9.55 Å². The van der Waals surface area contributed by atoms with Gasteiger partial charge in [0.1, 0.15) is 5.75 Å². The van der Waals surface area contributed by atoms with Crippen LogP contribution in [0.3, 0.4) is 0 Å². The number of amides is 1. The Labute approximate surface area is 203 Å². The van der Waals surface area contributed by atoms with Crippen molar-refractivity contribution >= 4 is 51.0 Å². The lowest BCUT2D eigenvalue weighted by atomic mass is 10.3. The van der Waals surface area contributed by atoms with Gasteiger partial charge in [-0.05, 0) is 48.5 Å². The van der Waals surface area contributed by atoms with Crippen LogP contribution in [0.5, 0.6) is 5.75 Å². The van der Waals surface area contributed by atoms with Crippen LogP contribution in [0, 0.1) is 0 Å². The molecule has 172 valence electrons. The van der Waals surface area contributed by atoms with Crippen molar-refractivity contribution in [3.63, 3.8) is 0 Å². The number of aromatic nitrogens is 2. The minimum absolute atomic E-state index is 0.0459. The molecule has 33 heavy (non-hydrogen) atoms. The maximum absolute atomic E-state index is 13.1. The predicted molar refractivity (Wildman–Crippen MR) is 124 cm³/mol. The smallest absolute Gasteiger partial charge is 0.406 e. The number of hydrogen-bond donors (Lipinski definition) is 1. The molecule has 0 saturated heterocycles. The highest BCUT2D eigenvalue weighted by molar-refractivity contribution is 9.10. The molecule has 2 heterocycles. The van der Waals surface area contributed by atoms with E-state index in [9.17, 15) is 22.8 Å². The molecule has 1 aliphatic heterocycles. The molecule has 0 saturated carbocycles. The quantitative estimate of drug-likeness (QED) is 0.328. The fraction of sp³-hybridized carbons (Fsp3) is 0.190. The third-order valence-corrected chi connectivity index (χ3v) is 7.03. The van der Waals surface area contributed by atoms with Crippen molar-refractivity contribution in [2.24, 2.45) is 0 Å². The second-order valence-electron chi connectivity index (χ2n) is 6.79. The van der Waals surface area contributed by atoms with Gasteiger partial charge >= 0.3 is 6.36 Å². The molecule has 2 aromatic carbocycles. The first-order valence-electron chi connectivity index (χ1n) is 9.53. The lowest BCUT2D eigenvalue weighted by Gasteiger charge is -2.14. The summed E-state index contributed by atoms with van der Waals surface area (Å²) < 4.78 is 43.0. The number of thioether (sulfide) groups is 2. The monoisotopic (exact) mass is 557 g/mol. The van der Waals surface area contributed by atoms with E-state index in [4.69, 9.17) is 0 Å². The highest BCUT2D eigenvalue weighted by Crippen LogP contribution is 2.30. The molecule has 1 aliphatic rings. The summed E-state index contributed by atoms with van der Waals surface area (Å²) in [6, 6.07) is 12.0. The van der Waals surface area contributed by atoms with Gasteiger partial charge in [-0.3, -0.25) is 14.2 Å². The molecule has 1 amide bonds. The zero-order valence-corrected chi connectivity index (χ0v) is 19.9. The number of fused-ring (bicyclic) bond motifs is 1. The molecule has 0 spiro atoms. The van der Waals surface area contributed by atoms with Gasteiger partial charge in [-0.1, -0.05) is 27.7 Å². The fourth-order valence-corrected chi connectivity index (χ4v) is 5.19. The van der Waals surface area contributed by atoms with Crippen molar-refractivity contribution in [2.45, 2.75) is 22.8 Å². The Morgan fingerprint density at radius 1 is 1.18 bits per heavy atom. The molecule has 1 aromatic heterocycles. The molecule has 1 N–H and O–H groups in total. The van der Waals surface area contributed by atoms with Crippen LogP contribution in [0.2, 0.25) is 0 Å². The Hall–Kier alpha value is -2.44. The van der Waals surface area contributed by atoms with Crippen LogP contribution < -0.4 is 15.6 Å². The van der Waals surface area contributed by atoms with Crippen LogP contribution in [-0.2, 0) is 11.2 Å². The van der Waals surface area contributed by atoms with E-state index in [2.05, 4.69) is 31.0 Å². The molecule has 0 aliphatic carbocycles. The number of carbonyl (C=O) groups is 1. The second kappa shape index (κ2) is 9.82. The Morgan fingerprint density at radius 3 is 2.55 bits per heavy atom. The molecular weight excluding hydrogens is 543 g/mol. The molecule has 12 heteroatoms. The number of ether oxygens (including phenoxy) is 1. The Kier molecular flexibility index (Phi) is 7.05. The number of nitrogens with one attached hydrogen (secondary N) is 1. The molecule has 0 atom stereocenters. The van der Waals surface area contributed by atoms with Crippen LogP contribution in [0.25, 0.3) is 5.69 Å². The molecule has 0 fully saturated rings.